The lowest BCUT2D eigenvalue weighted by Gasteiger charge is -2.33. The average molecular weight is 434 g/mol. The number of carbonyl (C=O) groups excluding carboxylic acids is 1. The Kier molecular flexibility index (Phi) is 6.96. The number of allylic oxidation sites excluding steroid dienone is 2. The second kappa shape index (κ2) is 9.26. The molecule has 5 nitrogen and oxygen atoms in total. The van der Waals surface area contributed by atoms with Crippen LogP contribution < -0.4 is 5.32 Å². The maximum Gasteiger partial charge on any atom is 0.173 e. The largest absolute Gasteiger partial charge is 0.511 e. The molecule has 2 aliphatic rings. The summed E-state index contributed by atoms with van der Waals surface area (Å²) in [5.41, 5.74) is 1.10. The third kappa shape index (κ3) is 6.03. The highest BCUT2D eigenvalue weighted by Crippen LogP contribution is 2.35. The second-order valence-electron chi connectivity index (χ2n) is 8.67. The Morgan fingerprint density at radius 1 is 1.38 bits per heavy atom. The summed E-state index contributed by atoms with van der Waals surface area (Å²) in [7, 11) is 0. The van der Waals surface area contributed by atoms with E-state index in [-0.39, 0.29) is 17.0 Å². The summed E-state index contributed by atoms with van der Waals surface area (Å²) in [6.07, 6.45) is 4.52. The molecule has 0 aromatic heterocycles. The maximum absolute atomic E-state index is 12.2. The number of aliphatic hydroxyl groups is 1. The molecule has 0 spiro atoms. The molecule has 1 aliphatic carbocycles. The van der Waals surface area contributed by atoms with Crippen molar-refractivity contribution in [3.63, 3.8) is 0 Å². The van der Waals surface area contributed by atoms with Crippen LogP contribution in [0, 0.1) is 11.3 Å². The number of thiocarbonyl (C=S) groups is 1. The number of anilines is 1. The Balaban J connectivity index is 1.47. The topological polar surface area (TPSA) is 64.9 Å². The van der Waals surface area contributed by atoms with Crippen molar-refractivity contribution in [2.45, 2.75) is 39.5 Å². The van der Waals surface area contributed by atoms with Crippen molar-refractivity contribution in [3.05, 3.63) is 40.6 Å². The molecule has 2 N–H and O–H groups in total. The van der Waals surface area contributed by atoms with Gasteiger partial charge in [-0.3, -0.25) is 9.79 Å². The third-order valence-corrected chi connectivity index (χ3v) is 6.05. The Bertz CT molecular complexity index is 842. The molecule has 0 saturated carbocycles. The van der Waals surface area contributed by atoms with E-state index >= 15 is 0 Å². The van der Waals surface area contributed by atoms with Crippen LogP contribution in [0.3, 0.4) is 0 Å². The summed E-state index contributed by atoms with van der Waals surface area (Å²) in [4.78, 5) is 18.9. The Hall–Kier alpha value is -1.92. The van der Waals surface area contributed by atoms with Crippen molar-refractivity contribution in [1.29, 1.82) is 0 Å². The van der Waals surface area contributed by atoms with Gasteiger partial charge in [-0.05, 0) is 54.6 Å². The van der Waals surface area contributed by atoms with Gasteiger partial charge in [0.25, 0.3) is 0 Å². The van der Waals surface area contributed by atoms with Crippen LogP contribution in [0.5, 0.6) is 0 Å². The normalized spacial score (nSPS) is 20.4. The highest BCUT2D eigenvalue weighted by Gasteiger charge is 2.32. The van der Waals surface area contributed by atoms with Crippen LogP contribution in [0.15, 0.2) is 40.6 Å². The molecule has 1 aromatic carbocycles. The van der Waals surface area contributed by atoms with E-state index in [1.165, 1.54) is 0 Å². The molecule has 3 rings (SSSR count). The van der Waals surface area contributed by atoms with E-state index in [1.54, 1.807) is 6.21 Å². The van der Waals surface area contributed by atoms with E-state index < -0.39 is 0 Å². The van der Waals surface area contributed by atoms with Crippen LogP contribution in [0.1, 0.15) is 39.5 Å². The monoisotopic (exact) mass is 433 g/mol. The van der Waals surface area contributed by atoms with Crippen LogP contribution in [-0.2, 0) is 4.79 Å². The predicted molar refractivity (Wildman–Crippen MR) is 123 cm³/mol. The first kappa shape index (κ1) is 21.8. The number of hydrogen-bond acceptors (Lipinski definition) is 4. The molecule has 0 unspecified atom stereocenters. The average Bonchev–Trinajstić information content (AvgIpc) is 2.63. The minimum atomic E-state index is -0.178. The number of halogens is 1. The Morgan fingerprint density at radius 2 is 2.10 bits per heavy atom. The maximum atomic E-state index is 12.2. The third-order valence-electron chi connectivity index (χ3n) is 5.46. The van der Waals surface area contributed by atoms with Crippen molar-refractivity contribution in [3.8, 4) is 0 Å². The van der Waals surface area contributed by atoms with Gasteiger partial charge in [0.1, 0.15) is 5.76 Å². The van der Waals surface area contributed by atoms with Crippen LogP contribution in [0.25, 0.3) is 0 Å². The molecular formula is C22H28ClN3O2S. The van der Waals surface area contributed by atoms with Crippen LogP contribution >= 0.6 is 23.8 Å². The van der Waals surface area contributed by atoms with Gasteiger partial charge < -0.3 is 15.3 Å². The van der Waals surface area contributed by atoms with Gasteiger partial charge in [-0.25, -0.2) is 0 Å². The molecule has 0 atom stereocenters. The number of nitrogens with one attached hydrogen (secondary N) is 1. The highest BCUT2D eigenvalue weighted by molar-refractivity contribution is 7.80. The summed E-state index contributed by atoms with van der Waals surface area (Å²) in [5, 5.41) is 14.8. The van der Waals surface area contributed by atoms with Gasteiger partial charge in [0.15, 0.2) is 10.9 Å². The van der Waals surface area contributed by atoms with Crippen LogP contribution in [0.2, 0.25) is 5.02 Å². The van der Waals surface area contributed by atoms with E-state index in [4.69, 9.17) is 23.8 Å². The van der Waals surface area contributed by atoms with Gasteiger partial charge in [0.2, 0.25) is 0 Å². The number of likely N-dealkylation sites (tertiary alicyclic amines) is 1. The predicted octanol–water partition coefficient (Wildman–Crippen LogP) is 5.02. The van der Waals surface area contributed by atoms with E-state index in [9.17, 15) is 9.90 Å². The molecule has 29 heavy (non-hydrogen) atoms. The van der Waals surface area contributed by atoms with Crippen LogP contribution in [0.4, 0.5) is 5.69 Å². The van der Waals surface area contributed by atoms with Gasteiger partial charge in [-0.2, -0.15) is 0 Å². The molecule has 1 saturated heterocycles. The lowest BCUT2D eigenvalue weighted by molar-refractivity contribution is -0.117. The molecule has 1 aliphatic heterocycles. The first-order valence-corrected chi connectivity index (χ1v) is 10.8. The molecule has 1 heterocycles. The van der Waals surface area contributed by atoms with E-state index in [1.807, 2.05) is 38.1 Å². The number of rotatable bonds is 4. The van der Waals surface area contributed by atoms with Gasteiger partial charge in [-0.15, -0.1) is 0 Å². The zero-order valence-corrected chi connectivity index (χ0v) is 18.5. The smallest absolute Gasteiger partial charge is 0.173 e. The summed E-state index contributed by atoms with van der Waals surface area (Å²) >= 11 is 11.5. The Labute approximate surface area is 182 Å². The number of piperidine rings is 1. The quantitative estimate of drug-likeness (QED) is 0.515. The number of benzene rings is 1. The number of ketones is 1. The van der Waals surface area contributed by atoms with Gasteiger partial charge in [0, 0.05) is 49.4 Å². The number of aliphatic hydroxyl groups excluding tert-OH is 1. The SMILES string of the molecule is CC1(C)CC(=O)C(C=NCC2CCN(C(=S)Nc3cccc(Cl)c3)CC2)=C(O)C1. The Morgan fingerprint density at radius 3 is 2.76 bits per heavy atom. The number of Topliss-reactive ketones (excluding diaryl/α,β-unsaturated/α-hetero) is 1. The zero-order valence-electron chi connectivity index (χ0n) is 16.9. The number of carbonyl (C=O) groups is 1. The van der Waals surface area contributed by atoms with Crippen molar-refractivity contribution >= 4 is 46.6 Å². The zero-order chi connectivity index (χ0) is 21.0. The molecule has 0 bridgehead atoms. The van der Waals surface area contributed by atoms with Crippen molar-refractivity contribution in [1.82, 2.24) is 4.90 Å². The fraction of sp³-hybridized carbons (Fsp3) is 0.500. The van der Waals surface area contributed by atoms with E-state index in [2.05, 4.69) is 15.2 Å². The molecule has 156 valence electrons. The van der Waals surface area contributed by atoms with Crippen molar-refractivity contribution in [2.24, 2.45) is 16.3 Å². The first-order chi connectivity index (χ1) is 13.7. The number of hydrogen-bond donors (Lipinski definition) is 2. The molecule has 1 aromatic rings. The fourth-order valence-electron chi connectivity index (χ4n) is 3.83. The summed E-state index contributed by atoms with van der Waals surface area (Å²) in [6.45, 7) is 6.39. The minimum absolute atomic E-state index is 0.0187. The lowest BCUT2D eigenvalue weighted by Crippen LogP contribution is -2.41. The van der Waals surface area contributed by atoms with Gasteiger partial charge in [0.05, 0.1) is 5.57 Å². The van der Waals surface area contributed by atoms with E-state index in [0.29, 0.717) is 41.0 Å². The fourth-order valence-corrected chi connectivity index (χ4v) is 4.32. The van der Waals surface area contributed by atoms with Gasteiger partial charge in [-0.1, -0.05) is 31.5 Å². The molecule has 7 heteroatoms. The molecular weight excluding hydrogens is 406 g/mol. The first-order valence-electron chi connectivity index (χ1n) is 10.0. The second-order valence-corrected chi connectivity index (χ2v) is 9.49. The number of nitrogens with zero attached hydrogens (tertiary/aromatic N) is 2. The summed E-state index contributed by atoms with van der Waals surface area (Å²) < 4.78 is 0. The number of aliphatic imine (C=N–C) groups is 1. The summed E-state index contributed by atoms with van der Waals surface area (Å²) in [6, 6.07) is 7.52. The van der Waals surface area contributed by atoms with Gasteiger partial charge >= 0.3 is 0 Å². The van der Waals surface area contributed by atoms with Crippen LogP contribution in [-0.4, -0.2) is 46.8 Å². The minimum Gasteiger partial charge on any atom is -0.511 e. The van der Waals surface area contributed by atoms with Crippen molar-refractivity contribution in [2.75, 3.05) is 25.0 Å². The highest BCUT2D eigenvalue weighted by atomic mass is 35.5. The molecule has 1 fully saturated rings. The summed E-state index contributed by atoms with van der Waals surface area (Å²) in [5.74, 6) is 0.603. The van der Waals surface area contributed by atoms with E-state index in [0.717, 1.165) is 31.6 Å². The molecule has 0 radical (unpaired) electrons. The lowest BCUT2D eigenvalue weighted by atomic mass is 9.77. The van der Waals surface area contributed by atoms with Crippen molar-refractivity contribution < 1.29 is 9.90 Å². The molecule has 0 amide bonds. The standard InChI is InChI=1S/C22H28ClN3O2S/c1-22(2)11-19(27)18(20(28)12-22)14-24-13-15-6-8-26(9-7-15)21(29)25-17-5-3-4-16(23)10-17/h3-5,10,14-15,27H,6-9,11-13H2,1-2H3,(H,25,29).